The monoisotopic (exact) mass is 378 g/mol. The fourth-order valence-corrected chi connectivity index (χ4v) is 4.15. The molecule has 1 N–H and O–H groups in total. The lowest BCUT2D eigenvalue weighted by Gasteiger charge is -2.36. The van der Waals surface area contributed by atoms with Crippen molar-refractivity contribution in [2.75, 3.05) is 11.9 Å². The van der Waals surface area contributed by atoms with E-state index >= 15 is 0 Å². The molecular formula is C21H22N4OS. The molecule has 0 radical (unpaired) electrons. The zero-order valence-electron chi connectivity index (χ0n) is 15.0. The Kier molecular flexibility index (Phi) is 5.55. The smallest absolute Gasteiger partial charge is 0.257 e. The number of carbonyl (C=O) groups is 1. The number of nitrogens with one attached hydrogen (secondary N) is 1. The molecule has 4 rings (SSSR count). The summed E-state index contributed by atoms with van der Waals surface area (Å²) in [5.41, 5.74) is 3.09. The Balaban J connectivity index is 1.49. The second-order valence-electron chi connectivity index (χ2n) is 6.76. The molecule has 3 aromatic rings. The molecule has 1 fully saturated rings. The average Bonchev–Trinajstić information content (AvgIpc) is 3.22. The molecular weight excluding hydrogens is 356 g/mol. The lowest BCUT2D eigenvalue weighted by atomic mass is 9.95. The maximum Gasteiger partial charge on any atom is 0.257 e. The number of aromatic nitrogens is 2. The van der Waals surface area contributed by atoms with Crippen molar-refractivity contribution >= 4 is 22.4 Å². The van der Waals surface area contributed by atoms with E-state index in [-0.39, 0.29) is 5.91 Å². The van der Waals surface area contributed by atoms with Crippen LogP contribution in [-0.4, -0.2) is 27.3 Å². The summed E-state index contributed by atoms with van der Waals surface area (Å²) in [6.07, 6.45) is 9.08. The van der Waals surface area contributed by atoms with Gasteiger partial charge in [0.05, 0.1) is 0 Å². The number of likely N-dealkylation sites (tertiary alicyclic amines) is 1. The van der Waals surface area contributed by atoms with Crippen LogP contribution in [0.25, 0.3) is 0 Å². The molecule has 6 heteroatoms. The standard InChI is InChI=1S/C21H22N4OS/c26-20(24-21-23-10-12-27-21)17-6-3-5-16(13-17)15-25-11-2-1-8-19(25)18-7-4-9-22-14-18/h3-7,9-10,12-14,19H,1-2,8,11,15H2,(H,23,24,26)/t19-/m1/s1. The fraction of sp³-hybridized carbons (Fsp3) is 0.286. The molecule has 0 bridgehead atoms. The highest BCUT2D eigenvalue weighted by Crippen LogP contribution is 2.31. The van der Waals surface area contributed by atoms with Gasteiger partial charge in [0.25, 0.3) is 5.91 Å². The zero-order valence-corrected chi connectivity index (χ0v) is 15.9. The summed E-state index contributed by atoms with van der Waals surface area (Å²) in [5.74, 6) is -0.116. The van der Waals surface area contributed by atoms with Gasteiger partial charge in [-0.1, -0.05) is 24.6 Å². The maximum atomic E-state index is 12.5. The average molecular weight is 379 g/mol. The first-order chi connectivity index (χ1) is 13.3. The van der Waals surface area contributed by atoms with Gasteiger partial charge in [-0.15, -0.1) is 11.3 Å². The van der Waals surface area contributed by atoms with E-state index in [1.54, 1.807) is 6.20 Å². The van der Waals surface area contributed by atoms with Gasteiger partial charge in [0.1, 0.15) is 0 Å². The first kappa shape index (κ1) is 17.8. The minimum absolute atomic E-state index is 0.116. The number of rotatable bonds is 5. The number of benzene rings is 1. The van der Waals surface area contributed by atoms with E-state index in [2.05, 4.69) is 32.3 Å². The molecule has 1 amide bonds. The van der Waals surface area contributed by atoms with Crippen LogP contribution in [0.5, 0.6) is 0 Å². The molecule has 1 atom stereocenters. The Hall–Kier alpha value is -2.57. The minimum Gasteiger partial charge on any atom is -0.298 e. The van der Waals surface area contributed by atoms with Crippen molar-refractivity contribution in [3.8, 4) is 0 Å². The molecule has 2 aromatic heterocycles. The summed E-state index contributed by atoms with van der Waals surface area (Å²) >= 11 is 1.42. The maximum absolute atomic E-state index is 12.5. The largest absolute Gasteiger partial charge is 0.298 e. The molecule has 0 aliphatic carbocycles. The van der Waals surface area contributed by atoms with Crippen molar-refractivity contribution in [3.63, 3.8) is 0 Å². The summed E-state index contributed by atoms with van der Waals surface area (Å²) < 4.78 is 0. The lowest BCUT2D eigenvalue weighted by Crippen LogP contribution is -2.33. The highest BCUT2D eigenvalue weighted by atomic mass is 32.1. The predicted octanol–water partition coefficient (Wildman–Crippen LogP) is 4.52. The number of nitrogens with zero attached hydrogens (tertiary/aromatic N) is 3. The molecule has 1 aliphatic heterocycles. The number of pyridine rings is 1. The molecule has 0 spiro atoms. The molecule has 0 unspecified atom stereocenters. The van der Waals surface area contributed by atoms with E-state index in [4.69, 9.17) is 0 Å². The van der Waals surface area contributed by atoms with Crippen molar-refractivity contribution in [3.05, 3.63) is 77.1 Å². The van der Waals surface area contributed by atoms with Gasteiger partial charge in [0, 0.05) is 42.1 Å². The number of piperidine rings is 1. The van der Waals surface area contributed by atoms with Gasteiger partial charge >= 0.3 is 0 Å². The normalized spacial score (nSPS) is 17.6. The molecule has 3 heterocycles. The van der Waals surface area contributed by atoms with Crippen molar-refractivity contribution in [1.82, 2.24) is 14.9 Å². The van der Waals surface area contributed by atoms with Crippen molar-refractivity contribution in [2.24, 2.45) is 0 Å². The van der Waals surface area contributed by atoms with E-state index in [1.807, 2.05) is 42.0 Å². The zero-order chi connectivity index (χ0) is 18.5. The summed E-state index contributed by atoms with van der Waals surface area (Å²) in [4.78, 5) is 23.4. The third-order valence-electron chi connectivity index (χ3n) is 4.91. The minimum atomic E-state index is -0.116. The molecule has 0 saturated carbocycles. The Bertz CT molecular complexity index is 882. The van der Waals surface area contributed by atoms with Gasteiger partial charge in [-0.25, -0.2) is 4.98 Å². The van der Waals surface area contributed by atoms with Crippen LogP contribution in [0.15, 0.2) is 60.4 Å². The number of anilines is 1. The topological polar surface area (TPSA) is 58.1 Å². The van der Waals surface area contributed by atoms with Gasteiger partial charge in [-0.05, 0) is 48.7 Å². The predicted molar refractivity (Wildman–Crippen MR) is 108 cm³/mol. The summed E-state index contributed by atoms with van der Waals surface area (Å²) in [6, 6.07) is 12.4. The molecule has 5 nitrogen and oxygen atoms in total. The van der Waals surface area contributed by atoms with Crippen LogP contribution in [0.3, 0.4) is 0 Å². The Morgan fingerprint density at radius 3 is 3.00 bits per heavy atom. The van der Waals surface area contributed by atoms with E-state index in [9.17, 15) is 4.79 Å². The van der Waals surface area contributed by atoms with Crippen LogP contribution < -0.4 is 5.32 Å². The lowest BCUT2D eigenvalue weighted by molar-refractivity contribution is 0.102. The summed E-state index contributed by atoms with van der Waals surface area (Å²) in [7, 11) is 0. The van der Waals surface area contributed by atoms with Gasteiger partial charge in [-0.2, -0.15) is 0 Å². The van der Waals surface area contributed by atoms with Gasteiger partial charge < -0.3 is 0 Å². The Morgan fingerprint density at radius 2 is 2.19 bits per heavy atom. The number of carbonyl (C=O) groups excluding carboxylic acids is 1. The number of amides is 1. The van der Waals surface area contributed by atoms with E-state index in [1.165, 1.54) is 29.7 Å². The first-order valence-electron chi connectivity index (χ1n) is 9.23. The third-order valence-corrected chi connectivity index (χ3v) is 5.60. The van der Waals surface area contributed by atoms with Crippen LogP contribution in [0.1, 0.15) is 46.8 Å². The summed E-state index contributed by atoms with van der Waals surface area (Å²) in [6.45, 7) is 1.90. The highest BCUT2D eigenvalue weighted by molar-refractivity contribution is 7.13. The van der Waals surface area contributed by atoms with Crippen LogP contribution in [0, 0.1) is 0 Å². The van der Waals surface area contributed by atoms with Crippen molar-refractivity contribution < 1.29 is 4.79 Å². The van der Waals surface area contributed by atoms with Gasteiger partial charge in [0.15, 0.2) is 5.13 Å². The number of hydrogen-bond donors (Lipinski definition) is 1. The van der Waals surface area contributed by atoms with Gasteiger partial charge in [-0.3, -0.25) is 20.0 Å². The van der Waals surface area contributed by atoms with E-state index in [0.717, 1.165) is 25.1 Å². The van der Waals surface area contributed by atoms with Gasteiger partial charge in [0.2, 0.25) is 0 Å². The number of hydrogen-bond acceptors (Lipinski definition) is 5. The van der Waals surface area contributed by atoms with Crippen molar-refractivity contribution in [2.45, 2.75) is 31.8 Å². The number of thiazole rings is 1. The Morgan fingerprint density at radius 1 is 1.22 bits per heavy atom. The van der Waals surface area contributed by atoms with Crippen molar-refractivity contribution in [1.29, 1.82) is 0 Å². The molecule has 27 heavy (non-hydrogen) atoms. The van der Waals surface area contributed by atoms with Crippen LogP contribution in [0.4, 0.5) is 5.13 Å². The van der Waals surface area contributed by atoms with E-state index < -0.39 is 0 Å². The molecule has 1 aromatic carbocycles. The molecule has 1 aliphatic rings. The Labute approximate surface area is 163 Å². The highest BCUT2D eigenvalue weighted by Gasteiger charge is 2.24. The third kappa shape index (κ3) is 4.40. The van der Waals surface area contributed by atoms with Crippen LogP contribution in [0.2, 0.25) is 0 Å². The molecule has 138 valence electrons. The molecule has 1 saturated heterocycles. The second kappa shape index (κ2) is 8.41. The fourth-order valence-electron chi connectivity index (χ4n) is 3.63. The SMILES string of the molecule is O=C(Nc1nccs1)c1cccc(CN2CCCC[C@@H]2c2cccnc2)c1. The van der Waals surface area contributed by atoms with E-state index in [0.29, 0.717) is 16.7 Å². The first-order valence-corrected chi connectivity index (χ1v) is 10.1. The summed E-state index contributed by atoms with van der Waals surface area (Å²) in [5, 5.41) is 5.32. The second-order valence-corrected chi connectivity index (χ2v) is 7.65. The quantitative estimate of drug-likeness (QED) is 0.709. The van der Waals surface area contributed by atoms with Crippen LogP contribution >= 0.6 is 11.3 Å². The van der Waals surface area contributed by atoms with Crippen LogP contribution in [-0.2, 0) is 6.54 Å².